The first-order valence-corrected chi connectivity index (χ1v) is 11.1. The van der Waals surface area contributed by atoms with E-state index in [1.165, 1.54) is 23.0 Å². The summed E-state index contributed by atoms with van der Waals surface area (Å²) in [5.41, 5.74) is 5.10. The summed E-state index contributed by atoms with van der Waals surface area (Å²) >= 11 is 3.92. The predicted molar refractivity (Wildman–Crippen MR) is 122 cm³/mol. The number of carbonyl (C=O) groups is 2. The molecule has 7 nitrogen and oxygen atoms in total. The van der Waals surface area contributed by atoms with Crippen molar-refractivity contribution in [3.8, 4) is 11.1 Å². The summed E-state index contributed by atoms with van der Waals surface area (Å²) in [4.78, 5) is 28.2. The molecule has 0 aliphatic rings. The fraction of sp³-hybridized carbons (Fsp3) is 0.143. The van der Waals surface area contributed by atoms with Crippen molar-refractivity contribution < 1.29 is 27.2 Å². The summed E-state index contributed by atoms with van der Waals surface area (Å²) in [5, 5.41) is 6.73. The maximum Gasteiger partial charge on any atom is 0.433 e. The average molecular weight is 556 g/mol. The molecule has 2 amide bonds. The van der Waals surface area contributed by atoms with E-state index < -0.39 is 29.5 Å². The number of thiophene rings is 1. The average Bonchev–Trinajstić information content (AvgIpc) is 3.28. The van der Waals surface area contributed by atoms with E-state index in [1.807, 2.05) is 0 Å². The Morgan fingerprint density at radius 1 is 1.24 bits per heavy atom. The van der Waals surface area contributed by atoms with Gasteiger partial charge >= 0.3 is 6.18 Å². The van der Waals surface area contributed by atoms with Gasteiger partial charge in [-0.1, -0.05) is 12.1 Å². The van der Waals surface area contributed by atoms with Gasteiger partial charge in [-0.25, -0.2) is 9.37 Å². The first-order chi connectivity index (χ1) is 16.0. The van der Waals surface area contributed by atoms with Crippen LogP contribution in [0.4, 0.5) is 23.2 Å². The minimum Gasteiger partial charge on any atom is -0.365 e. The van der Waals surface area contributed by atoms with Crippen LogP contribution in [0, 0.1) is 12.7 Å². The molecule has 3 N–H and O–H groups in total. The summed E-state index contributed by atoms with van der Waals surface area (Å²) in [5.74, 6) is -2.12. The van der Waals surface area contributed by atoms with Crippen molar-refractivity contribution >= 4 is 55.0 Å². The van der Waals surface area contributed by atoms with Crippen LogP contribution >= 0.6 is 27.3 Å². The number of halogens is 5. The highest BCUT2D eigenvalue weighted by Gasteiger charge is 2.35. The number of amides is 2. The standard InChI is InChI=1S/C21H14BrF4N5O2S/c1-9-13(22)7-28-31(9)8-15(32)30-17-16-12(10-2-4-11(23)5-3-10)6-14(21(24,25)26)29-20(16)34-18(17)19(27)33/h2-7H,8H2,1H3,(H2,27,33)(H,30,32). The van der Waals surface area contributed by atoms with Gasteiger partial charge in [-0.15, -0.1) is 11.3 Å². The number of nitrogens with zero attached hydrogens (tertiary/aromatic N) is 3. The molecule has 0 saturated heterocycles. The second kappa shape index (κ2) is 8.80. The van der Waals surface area contributed by atoms with E-state index in [9.17, 15) is 27.2 Å². The maximum atomic E-state index is 13.5. The van der Waals surface area contributed by atoms with Crippen LogP contribution in [0.5, 0.6) is 0 Å². The highest BCUT2D eigenvalue weighted by molar-refractivity contribution is 9.10. The Morgan fingerprint density at radius 2 is 1.91 bits per heavy atom. The minimum atomic E-state index is -4.78. The highest BCUT2D eigenvalue weighted by Crippen LogP contribution is 2.43. The maximum absolute atomic E-state index is 13.5. The molecule has 0 radical (unpaired) electrons. The smallest absolute Gasteiger partial charge is 0.365 e. The van der Waals surface area contributed by atoms with Crippen molar-refractivity contribution in [2.75, 3.05) is 5.32 Å². The van der Waals surface area contributed by atoms with Crippen LogP contribution in [0.1, 0.15) is 21.1 Å². The van der Waals surface area contributed by atoms with Crippen LogP contribution in [0.15, 0.2) is 41.0 Å². The Hall–Kier alpha value is -3.32. The van der Waals surface area contributed by atoms with Gasteiger partial charge in [0, 0.05) is 5.39 Å². The second-order valence-electron chi connectivity index (χ2n) is 7.19. The number of aromatic nitrogens is 3. The van der Waals surface area contributed by atoms with Crippen LogP contribution in [0.25, 0.3) is 21.3 Å². The molecule has 3 aromatic heterocycles. The molecule has 0 atom stereocenters. The Morgan fingerprint density at radius 3 is 2.47 bits per heavy atom. The van der Waals surface area contributed by atoms with Crippen molar-refractivity contribution in [2.24, 2.45) is 5.73 Å². The SMILES string of the molecule is Cc1c(Br)cnn1CC(=O)Nc1c(C(N)=O)sc2nc(C(F)(F)F)cc(-c3ccc(F)cc3)c12. The molecule has 0 aliphatic carbocycles. The molecule has 3 heterocycles. The van der Waals surface area contributed by atoms with Gasteiger partial charge in [0.25, 0.3) is 5.91 Å². The van der Waals surface area contributed by atoms with Crippen LogP contribution < -0.4 is 11.1 Å². The fourth-order valence-electron chi connectivity index (χ4n) is 3.29. The van der Waals surface area contributed by atoms with Crippen LogP contribution in [0.3, 0.4) is 0 Å². The van der Waals surface area contributed by atoms with Gasteiger partial charge in [-0.2, -0.15) is 18.3 Å². The number of pyridine rings is 1. The molecule has 34 heavy (non-hydrogen) atoms. The lowest BCUT2D eigenvalue weighted by Crippen LogP contribution is -2.22. The van der Waals surface area contributed by atoms with Crippen molar-refractivity contribution in [1.82, 2.24) is 14.8 Å². The van der Waals surface area contributed by atoms with Gasteiger partial charge < -0.3 is 11.1 Å². The molecule has 176 valence electrons. The molecule has 0 bridgehead atoms. The zero-order chi connectivity index (χ0) is 24.8. The molecule has 0 aliphatic heterocycles. The van der Waals surface area contributed by atoms with Gasteiger partial charge in [0.1, 0.15) is 27.8 Å². The highest BCUT2D eigenvalue weighted by atomic mass is 79.9. The topological polar surface area (TPSA) is 103 Å². The monoisotopic (exact) mass is 555 g/mol. The predicted octanol–water partition coefficient (Wildman–Crippen LogP) is 5.13. The number of hydrogen-bond donors (Lipinski definition) is 2. The Kier molecular flexibility index (Phi) is 6.16. The molecule has 0 unspecified atom stereocenters. The van der Waals surface area contributed by atoms with E-state index in [0.717, 1.165) is 18.2 Å². The van der Waals surface area contributed by atoms with Gasteiger partial charge in [0.2, 0.25) is 5.91 Å². The summed E-state index contributed by atoms with van der Waals surface area (Å²) in [6.07, 6.45) is -3.28. The Bertz CT molecular complexity index is 1430. The number of nitrogens with one attached hydrogen (secondary N) is 1. The molecule has 0 saturated carbocycles. The second-order valence-corrected chi connectivity index (χ2v) is 9.05. The number of carbonyl (C=O) groups excluding carboxylic acids is 2. The number of fused-ring (bicyclic) bond motifs is 1. The number of rotatable bonds is 5. The molecule has 0 spiro atoms. The molecule has 1 aromatic carbocycles. The molecule has 0 fully saturated rings. The third-order valence-electron chi connectivity index (χ3n) is 4.93. The van der Waals surface area contributed by atoms with Crippen molar-refractivity contribution in [2.45, 2.75) is 19.6 Å². The van der Waals surface area contributed by atoms with Gasteiger partial charge in [-0.05, 0) is 52.2 Å². The third-order valence-corrected chi connectivity index (χ3v) is 6.81. The number of hydrogen-bond acceptors (Lipinski definition) is 5. The number of alkyl halides is 3. The summed E-state index contributed by atoms with van der Waals surface area (Å²) in [7, 11) is 0. The molecular formula is C21H14BrF4N5O2S. The number of nitrogens with two attached hydrogens (primary N) is 1. The molecule has 13 heteroatoms. The molecule has 4 rings (SSSR count). The van der Waals surface area contributed by atoms with E-state index in [2.05, 4.69) is 31.3 Å². The number of benzene rings is 1. The normalized spacial score (nSPS) is 11.7. The molecule has 4 aromatic rings. The van der Waals surface area contributed by atoms with E-state index >= 15 is 0 Å². The van der Waals surface area contributed by atoms with E-state index in [1.54, 1.807) is 6.92 Å². The van der Waals surface area contributed by atoms with Crippen LogP contribution in [-0.4, -0.2) is 26.6 Å². The van der Waals surface area contributed by atoms with Crippen molar-refractivity contribution in [3.63, 3.8) is 0 Å². The first kappa shape index (κ1) is 23.8. The van der Waals surface area contributed by atoms with Crippen molar-refractivity contribution in [3.05, 3.63) is 63.1 Å². The van der Waals surface area contributed by atoms with Crippen LogP contribution in [-0.2, 0) is 17.5 Å². The number of anilines is 1. The lowest BCUT2D eigenvalue weighted by atomic mass is 10.0. The zero-order valence-electron chi connectivity index (χ0n) is 17.2. The van der Waals surface area contributed by atoms with E-state index in [-0.39, 0.29) is 38.5 Å². The summed E-state index contributed by atoms with van der Waals surface area (Å²) in [6, 6.07) is 5.56. The minimum absolute atomic E-state index is 0.00869. The first-order valence-electron chi connectivity index (χ1n) is 9.54. The van der Waals surface area contributed by atoms with Crippen LogP contribution in [0.2, 0.25) is 0 Å². The third kappa shape index (κ3) is 4.53. The number of primary amides is 1. The van der Waals surface area contributed by atoms with Gasteiger partial charge in [0.15, 0.2) is 0 Å². The van der Waals surface area contributed by atoms with E-state index in [4.69, 9.17) is 5.73 Å². The quantitative estimate of drug-likeness (QED) is 0.333. The Labute approximate surface area is 201 Å². The van der Waals surface area contributed by atoms with E-state index in [0.29, 0.717) is 21.5 Å². The van der Waals surface area contributed by atoms with Crippen molar-refractivity contribution in [1.29, 1.82) is 0 Å². The largest absolute Gasteiger partial charge is 0.433 e. The van der Waals surface area contributed by atoms with Gasteiger partial charge in [-0.3, -0.25) is 14.3 Å². The fourth-order valence-corrected chi connectivity index (χ4v) is 4.59. The Balaban J connectivity index is 1.90. The summed E-state index contributed by atoms with van der Waals surface area (Å²) < 4.78 is 56.2. The lowest BCUT2D eigenvalue weighted by molar-refractivity contribution is -0.140. The summed E-state index contributed by atoms with van der Waals surface area (Å²) in [6.45, 7) is 1.50. The zero-order valence-corrected chi connectivity index (χ0v) is 19.6. The lowest BCUT2D eigenvalue weighted by Gasteiger charge is -2.13. The van der Waals surface area contributed by atoms with Gasteiger partial charge in [0.05, 0.1) is 22.1 Å². The molecular weight excluding hydrogens is 542 g/mol.